The highest BCUT2D eigenvalue weighted by atomic mass is 16.2. The number of hydrogen-bond donors (Lipinski definition) is 0. The largest absolute Gasteiger partial charge is 0.348 e. The van der Waals surface area contributed by atoms with Gasteiger partial charge in [-0.15, -0.1) is 5.92 Å². The van der Waals surface area contributed by atoms with Crippen LogP contribution in [0.15, 0.2) is 0 Å². The molecule has 1 aliphatic rings. The van der Waals surface area contributed by atoms with Crippen molar-refractivity contribution in [2.45, 2.75) is 33.1 Å². The van der Waals surface area contributed by atoms with Gasteiger partial charge in [-0.05, 0) is 12.8 Å². The van der Waals surface area contributed by atoms with Gasteiger partial charge in [0.25, 0.3) is 0 Å². The van der Waals surface area contributed by atoms with Crippen molar-refractivity contribution < 1.29 is 4.79 Å². The van der Waals surface area contributed by atoms with Crippen LogP contribution in [0.1, 0.15) is 33.1 Å². The Morgan fingerprint density at radius 3 is 2.35 bits per heavy atom. The maximum atomic E-state index is 12.1. The van der Waals surface area contributed by atoms with Crippen molar-refractivity contribution in [3.63, 3.8) is 0 Å². The van der Waals surface area contributed by atoms with Crippen LogP contribution in [0.4, 0.5) is 0 Å². The van der Waals surface area contributed by atoms with Crippen molar-refractivity contribution in [1.82, 2.24) is 9.80 Å². The highest BCUT2D eigenvalue weighted by molar-refractivity contribution is 5.82. The lowest BCUT2D eigenvalue weighted by atomic mass is 9.79. The Labute approximate surface area is 105 Å². The van der Waals surface area contributed by atoms with Crippen LogP contribution >= 0.6 is 0 Å². The van der Waals surface area contributed by atoms with Gasteiger partial charge in [0.2, 0.25) is 5.91 Å². The number of amides is 1. The van der Waals surface area contributed by atoms with Crippen molar-refractivity contribution in [2.75, 3.05) is 33.7 Å². The quantitative estimate of drug-likeness (QED) is 0.680. The molecule has 0 aromatic rings. The molecule has 0 aromatic carbocycles. The molecule has 1 rings (SSSR count). The van der Waals surface area contributed by atoms with Crippen molar-refractivity contribution in [3.8, 4) is 11.8 Å². The minimum absolute atomic E-state index is 0.168. The molecule has 96 valence electrons. The number of hydrogen-bond acceptors (Lipinski definition) is 2. The number of nitrogens with zero attached hydrogens (tertiary/aromatic N) is 2. The molecule has 0 N–H and O–H groups in total. The van der Waals surface area contributed by atoms with Gasteiger partial charge in [0, 0.05) is 39.0 Å². The van der Waals surface area contributed by atoms with E-state index in [9.17, 15) is 4.79 Å². The molecule has 1 saturated heterocycles. The standard InChI is InChI=1S/C14H24N2O/c1-5-6-7-10-16-11-8-14(2,9-12-16)13(17)15(3)4/h5,8-12H2,1-4H3. The summed E-state index contributed by atoms with van der Waals surface area (Å²) >= 11 is 0. The van der Waals surface area contributed by atoms with Gasteiger partial charge in [0.1, 0.15) is 0 Å². The van der Waals surface area contributed by atoms with Crippen LogP contribution < -0.4 is 0 Å². The van der Waals surface area contributed by atoms with Crippen molar-refractivity contribution >= 4 is 5.91 Å². The predicted octanol–water partition coefficient (Wildman–Crippen LogP) is 1.59. The van der Waals surface area contributed by atoms with E-state index in [0.717, 1.165) is 38.9 Å². The Kier molecular flexibility index (Phi) is 5.02. The molecular weight excluding hydrogens is 212 g/mol. The third-order valence-corrected chi connectivity index (χ3v) is 3.49. The topological polar surface area (TPSA) is 23.6 Å². The fraction of sp³-hybridized carbons (Fsp3) is 0.786. The zero-order valence-electron chi connectivity index (χ0n) is 11.5. The molecule has 0 bridgehead atoms. The van der Waals surface area contributed by atoms with Crippen molar-refractivity contribution in [1.29, 1.82) is 0 Å². The van der Waals surface area contributed by atoms with Gasteiger partial charge in [-0.1, -0.05) is 19.8 Å². The average molecular weight is 236 g/mol. The smallest absolute Gasteiger partial charge is 0.228 e. The number of carbonyl (C=O) groups is 1. The molecule has 0 saturated carbocycles. The van der Waals surface area contributed by atoms with Gasteiger partial charge in [0.05, 0.1) is 6.54 Å². The molecule has 0 aliphatic carbocycles. The monoisotopic (exact) mass is 236 g/mol. The molecule has 1 amide bonds. The van der Waals surface area contributed by atoms with Crippen LogP contribution in [0.5, 0.6) is 0 Å². The normalized spacial score (nSPS) is 19.3. The van der Waals surface area contributed by atoms with Crippen LogP contribution in [-0.4, -0.2) is 49.4 Å². The summed E-state index contributed by atoms with van der Waals surface area (Å²) in [4.78, 5) is 16.1. The lowest BCUT2D eigenvalue weighted by molar-refractivity contribution is -0.141. The van der Waals surface area contributed by atoms with E-state index < -0.39 is 0 Å². The van der Waals surface area contributed by atoms with Crippen molar-refractivity contribution in [2.24, 2.45) is 5.41 Å². The Balaban J connectivity index is 2.47. The third kappa shape index (κ3) is 3.74. The zero-order chi connectivity index (χ0) is 12.9. The minimum Gasteiger partial charge on any atom is -0.348 e. The Morgan fingerprint density at radius 2 is 1.88 bits per heavy atom. The fourth-order valence-corrected chi connectivity index (χ4v) is 2.25. The van der Waals surface area contributed by atoms with E-state index in [0.29, 0.717) is 0 Å². The predicted molar refractivity (Wildman–Crippen MR) is 70.5 cm³/mol. The van der Waals surface area contributed by atoms with Gasteiger partial charge < -0.3 is 4.90 Å². The van der Waals surface area contributed by atoms with Gasteiger partial charge in [0.15, 0.2) is 0 Å². The SMILES string of the molecule is CCC#CCN1CCC(C)(C(=O)N(C)C)CC1. The lowest BCUT2D eigenvalue weighted by Gasteiger charge is -2.38. The summed E-state index contributed by atoms with van der Waals surface area (Å²) < 4.78 is 0. The molecule has 17 heavy (non-hydrogen) atoms. The number of carbonyl (C=O) groups excluding carboxylic acids is 1. The molecule has 0 aromatic heterocycles. The maximum Gasteiger partial charge on any atom is 0.228 e. The van der Waals surface area contributed by atoms with Gasteiger partial charge in [-0.3, -0.25) is 9.69 Å². The van der Waals surface area contributed by atoms with Gasteiger partial charge >= 0.3 is 0 Å². The van der Waals surface area contributed by atoms with Gasteiger partial charge in [-0.25, -0.2) is 0 Å². The van der Waals surface area contributed by atoms with E-state index in [1.54, 1.807) is 4.90 Å². The van der Waals surface area contributed by atoms with E-state index in [-0.39, 0.29) is 11.3 Å². The van der Waals surface area contributed by atoms with Gasteiger partial charge in [-0.2, -0.15) is 0 Å². The molecular formula is C14H24N2O. The average Bonchev–Trinajstić information content (AvgIpc) is 2.31. The fourth-order valence-electron chi connectivity index (χ4n) is 2.25. The first-order valence-electron chi connectivity index (χ1n) is 6.39. The molecule has 3 heteroatoms. The first-order chi connectivity index (χ1) is 7.99. The van der Waals surface area contributed by atoms with E-state index in [4.69, 9.17) is 0 Å². The van der Waals surface area contributed by atoms with Crippen LogP contribution in [0.2, 0.25) is 0 Å². The Hall–Kier alpha value is -1.01. The second-order valence-corrected chi connectivity index (χ2v) is 5.24. The molecule has 1 heterocycles. The molecule has 0 radical (unpaired) electrons. The summed E-state index contributed by atoms with van der Waals surface area (Å²) in [6.07, 6.45) is 2.81. The summed E-state index contributed by atoms with van der Waals surface area (Å²) in [6, 6.07) is 0. The molecule has 0 atom stereocenters. The Morgan fingerprint density at radius 1 is 1.29 bits per heavy atom. The summed E-state index contributed by atoms with van der Waals surface area (Å²) in [5.74, 6) is 6.52. The molecule has 1 aliphatic heterocycles. The van der Waals surface area contributed by atoms with Crippen LogP contribution in [-0.2, 0) is 4.79 Å². The lowest BCUT2D eigenvalue weighted by Crippen LogP contribution is -2.46. The van der Waals surface area contributed by atoms with E-state index in [1.165, 1.54) is 0 Å². The van der Waals surface area contributed by atoms with Crippen LogP contribution in [0, 0.1) is 17.3 Å². The highest BCUT2D eigenvalue weighted by Gasteiger charge is 2.37. The summed E-state index contributed by atoms with van der Waals surface area (Å²) in [5.41, 5.74) is -0.168. The van der Waals surface area contributed by atoms with E-state index in [2.05, 4.69) is 30.6 Å². The number of rotatable bonds is 2. The highest BCUT2D eigenvalue weighted by Crippen LogP contribution is 2.32. The van der Waals surface area contributed by atoms with E-state index in [1.807, 2.05) is 14.1 Å². The Bertz CT molecular complexity index is 317. The second-order valence-electron chi connectivity index (χ2n) is 5.24. The number of piperidine rings is 1. The number of likely N-dealkylation sites (tertiary alicyclic amines) is 1. The second kappa shape index (κ2) is 6.07. The first kappa shape index (κ1) is 14.1. The molecule has 0 unspecified atom stereocenters. The first-order valence-corrected chi connectivity index (χ1v) is 6.39. The van der Waals surface area contributed by atoms with E-state index >= 15 is 0 Å². The zero-order valence-corrected chi connectivity index (χ0v) is 11.5. The van der Waals surface area contributed by atoms with Crippen LogP contribution in [0.25, 0.3) is 0 Å². The maximum absolute atomic E-state index is 12.1. The third-order valence-electron chi connectivity index (χ3n) is 3.49. The van der Waals surface area contributed by atoms with Crippen LogP contribution in [0.3, 0.4) is 0 Å². The molecule has 0 spiro atoms. The summed E-state index contributed by atoms with van der Waals surface area (Å²) in [5, 5.41) is 0. The summed E-state index contributed by atoms with van der Waals surface area (Å²) in [7, 11) is 3.68. The van der Waals surface area contributed by atoms with Crippen molar-refractivity contribution in [3.05, 3.63) is 0 Å². The minimum atomic E-state index is -0.168. The molecule has 1 fully saturated rings. The molecule has 3 nitrogen and oxygen atoms in total. The summed E-state index contributed by atoms with van der Waals surface area (Å²) in [6.45, 7) is 6.96.